The van der Waals surface area contributed by atoms with Crippen LogP contribution in [0.4, 0.5) is 0 Å². The zero-order valence-corrected chi connectivity index (χ0v) is 7.66. The Morgan fingerprint density at radius 2 is 2.23 bits per heavy atom. The highest BCUT2D eigenvalue weighted by Gasteiger charge is 2.00. The Labute approximate surface area is 79.6 Å². The zero-order chi connectivity index (χ0) is 9.10. The molecule has 2 heterocycles. The summed E-state index contributed by atoms with van der Waals surface area (Å²) < 4.78 is 3.99. The van der Waals surface area contributed by atoms with E-state index >= 15 is 0 Å². The lowest BCUT2D eigenvalue weighted by Crippen LogP contribution is -1.99. The quantitative estimate of drug-likeness (QED) is 0.772. The van der Waals surface area contributed by atoms with Crippen molar-refractivity contribution in [1.82, 2.24) is 14.3 Å². The van der Waals surface area contributed by atoms with E-state index in [1.807, 2.05) is 6.07 Å². The van der Waals surface area contributed by atoms with Crippen molar-refractivity contribution >= 4 is 11.5 Å². The molecule has 0 fully saturated rings. The molecular weight excluding hydrogens is 184 g/mol. The van der Waals surface area contributed by atoms with Crippen LogP contribution in [0.2, 0.25) is 0 Å². The average Bonchev–Trinajstić information content (AvgIpc) is 2.71. The fourth-order valence-corrected chi connectivity index (χ4v) is 1.49. The Hall–Kier alpha value is -1.33. The first kappa shape index (κ1) is 8.28. The average molecular weight is 192 g/mol. The first-order valence-corrected chi connectivity index (χ1v) is 4.59. The van der Waals surface area contributed by atoms with Crippen LogP contribution < -0.4 is 5.73 Å². The minimum absolute atomic E-state index is 0.427. The maximum absolute atomic E-state index is 5.41. The summed E-state index contributed by atoms with van der Waals surface area (Å²) >= 11 is 1.41. The van der Waals surface area contributed by atoms with Gasteiger partial charge in [0, 0.05) is 12.7 Å². The van der Waals surface area contributed by atoms with Crippen molar-refractivity contribution < 1.29 is 0 Å². The van der Waals surface area contributed by atoms with Gasteiger partial charge in [-0.1, -0.05) is 0 Å². The van der Waals surface area contributed by atoms with Crippen LogP contribution in [0.3, 0.4) is 0 Å². The Balaban J connectivity index is 2.33. The van der Waals surface area contributed by atoms with Gasteiger partial charge in [-0.3, -0.25) is 9.97 Å². The smallest absolute Gasteiger partial charge is 0.100 e. The van der Waals surface area contributed by atoms with Crippen molar-refractivity contribution in [3.63, 3.8) is 0 Å². The molecule has 66 valence electrons. The lowest BCUT2D eigenvalue weighted by molar-refractivity contribution is 0.966. The molecule has 2 rings (SSSR count). The number of hydrogen-bond donors (Lipinski definition) is 1. The first-order chi connectivity index (χ1) is 6.40. The third-order valence-corrected chi connectivity index (χ3v) is 2.37. The number of aromatic nitrogens is 3. The summed E-state index contributed by atoms with van der Waals surface area (Å²) in [6.07, 6.45) is 5.16. The fraction of sp³-hybridized carbons (Fsp3) is 0.125. The zero-order valence-electron chi connectivity index (χ0n) is 6.84. The molecule has 0 saturated carbocycles. The van der Waals surface area contributed by atoms with E-state index in [1.54, 1.807) is 18.6 Å². The van der Waals surface area contributed by atoms with Gasteiger partial charge < -0.3 is 5.73 Å². The first-order valence-electron chi connectivity index (χ1n) is 3.82. The molecule has 0 unspecified atom stereocenters. The molecule has 0 amide bonds. The molecule has 0 atom stereocenters. The molecule has 2 N–H and O–H groups in total. The molecule has 0 aromatic carbocycles. The van der Waals surface area contributed by atoms with Gasteiger partial charge >= 0.3 is 0 Å². The molecule has 0 aliphatic rings. The maximum Gasteiger partial charge on any atom is 0.100 e. The third-order valence-electron chi connectivity index (χ3n) is 1.60. The van der Waals surface area contributed by atoms with Crippen molar-refractivity contribution in [3.8, 4) is 10.6 Å². The second kappa shape index (κ2) is 3.59. The Morgan fingerprint density at radius 1 is 1.31 bits per heavy atom. The summed E-state index contributed by atoms with van der Waals surface area (Å²) in [4.78, 5) is 9.39. The second-order valence-electron chi connectivity index (χ2n) is 2.47. The van der Waals surface area contributed by atoms with Crippen LogP contribution >= 0.6 is 11.5 Å². The summed E-state index contributed by atoms with van der Waals surface area (Å²) in [5, 5.41) is 0. The van der Waals surface area contributed by atoms with Crippen LogP contribution in [-0.2, 0) is 6.54 Å². The molecule has 0 aliphatic carbocycles. The molecule has 0 aliphatic heterocycles. The van der Waals surface area contributed by atoms with Gasteiger partial charge in [-0.15, -0.1) is 0 Å². The van der Waals surface area contributed by atoms with Crippen molar-refractivity contribution in [2.75, 3.05) is 0 Å². The summed E-state index contributed by atoms with van der Waals surface area (Å²) in [7, 11) is 0. The van der Waals surface area contributed by atoms with E-state index < -0.39 is 0 Å². The number of nitrogens with zero attached hydrogens (tertiary/aromatic N) is 3. The number of hydrogen-bond acceptors (Lipinski definition) is 5. The van der Waals surface area contributed by atoms with Crippen LogP contribution in [0.15, 0.2) is 24.7 Å². The van der Waals surface area contributed by atoms with E-state index in [4.69, 9.17) is 5.73 Å². The van der Waals surface area contributed by atoms with Crippen molar-refractivity contribution in [2.24, 2.45) is 5.73 Å². The van der Waals surface area contributed by atoms with Gasteiger partial charge in [0.1, 0.15) is 5.69 Å². The van der Waals surface area contributed by atoms with E-state index in [0.29, 0.717) is 6.54 Å². The SMILES string of the molecule is NCc1cnc(-c2ccns2)cn1. The lowest BCUT2D eigenvalue weighted by atomic mass is 10.3. The van der Waals surface area contributed by atoms with E-state index in [1.165, 1.54) is 11.5 Å². The molecule has 0 radical (unpaired) electrons. The number of rotatable bonds is 2. The van der Waals surface area contributed by atoms with Gasteiger partial charge in [0.05, 0.1) is 23.0 Å². The Kier molecular flexibility index (Phi) is 2.29. The van der Waals surface area contributed by atoms with Gasteiger partial charge in [0.15, 0.2) is 0 Å². The molecule has 0 bridgehead atoms. The van der Waals surface area contributed by atoms with Crippen LogP contribution in [0, 0.1) is 0 Å². The normalized spacial score (nSPS) is 10.2. The summed E-state index contributed by atoms with van der Waals surface area (Å²) in [5.41, 5.74) is 7.05. The highest BCUT2D eigenvalue weighted by Crippen LogP contribution is 2.18. The van der Waals surface area contributed by atoms with Gasteiger partial charge in [0.2, 0.25) is 0 Å². The highest BCUT2D eigenvalue weighted by molar-refractivity contribution is 7.09. The molecule has 4 nitrogen and oxygen atoms in total. The molecule has 5 heteroatoms. The van der Waals surface area contributed by atoms with Crippen LogP contribution in [0.1, 0.15) is 5.69 Å². The van der Waals surface area contributed by atoms with Crippen LogP contribution in [0.25, 0.3) is 10.6 Å². The maximum atomic E-state index is 5.41. The monoisotopic (exact) mass is 192 g/mol. The van der Waals surface area contributed by atoms with E-state index in [-0.39, 0.29) is 0 Å². The molecule has 13 heavy (non-hydrogen) atoms. The standard InChI is InChI=1S/C8H8N4S/c9-3-6-4-11-7(5-10-6)8-1-2-12-13-8/h1-2,4-5H,3,9H2. The molecular formula is C8H8N4S. The third kappa shape index (κ3) is 1.71. The topological polar surface area (TPSA) is 64.7 Å². The van der Waals surface area contributed by atoms with E-state index in [2.05, 4.69) is 14.3 Å². The summed E-state index contributed by atoms with van der Waals surface area (Å²) in [5.74, 6) is 0. The lowest BCUT2D eigenvalue weighted by Gasteiger charge is -1.96. The van der Waals surface area contributed by atoms with Gasteiger partial charge in [-0.2, -0.15) is 0 Å². The summed E-state index contributed by atoms with van der Waals surface area (Å²) in [6.45, 7) is 0.427. The largest absolute Gasteiger partial charge is 0.325 e. The van der Waals surface area contributed by atoms with Crippen LogP contribution in [0.5, 0.6) is 0 Å². The van der Waals surface area contributed by atoms with Crippen molar-refractivity contribution in [1.29, 1.82) is 0 Å². The van der Waals surface area contributed by atoms with Crippen LogP contribution in [-0.4, -0.2) is 14.3 Å². The minimum Gasteiger partial charge on any atom is -0.325 e. The molecule has 0 saturated heterocycles. The Bertz CT molecular complexity index is 368. The van der Waals surface area contributed by atoms with Gasteiger partial charge in [-0.05, 0) is 17.6 Å². The molecule has 2 aromatic rings. The minimum atomic E-state index is 0.427. The van der Waals surface area contributed by atoms with Gasteiger partial charge in [0.25, 0.3) is 0 Å². The predicted octanol–water partition coefficient (Wildman–Crippen LogP) is 1.06. The summed E-state index contributed by atoms with van der Waals surface area (Å²) in [6, 6.07) is 1.91. The number of nitrogens with two attached hydrogens (primary N) is 1. The van der Waals surface area contributed by atoms with E-state index in [9.17, 15) is 0 Å². The molecule has 2 aromatic heterocycles. The van der Waals surface area contributed by atoms with Gasteiger partial charge in [-0.25, -0.2) is 4.37 Å². The van der Waals surface area contributed by atoms with Crippen molar-refractivity contribution in [2.45, 2.75) is 6.54 Å². The Morgan fingerprint density at radius 3 is 2.77 bits per heavy atom. The van der Waals surface area contributed by atoms with Crippen molar-refractivity contribution in [3.05, 3.63) is 30.4 Å². The highest BCUT2D eigenvalue weighted by atomic mass is 32.1. The van der Waals surface area contributed by atoms with E-state index in [0.717, 1.165) is 16.3 Å². The predicted molar refractivity (Wildman–Crippen MR) is 51.0 cm³/mol. The molecule has 0 spiro atoms. The second-order valence-corrected chi connectivity index (χ2v) is 3.31. The fourth-order valence-electron chi connectivity index (χ4n) is 0.935.